The van der Waals surface area contributed by atoms with Gasteiger partial charge in [0.1, 0.15) is 5.82 Å². The van der Waals surface area contributed by atoms with Crippen LogP contribution >= 0.6 is 0 Å². The highest BCUT2D eigenvalue weighted by Gasteiger charge is 2.33. The molecule has 0 radical (unpaired) electrons. The fourth-order valence-corrected chi connectivity index (χ4v) is 7.64. The molecule has 2 aliphatic rings. The summed E-state index contributed by atoms with van der Waals surface area (Å²) in [5.41, 5.74) is 2.80. The standard InChI is InChI=1S/C25H35N5O4S/c1-17-28-22-14-27-25-21(9-10-26-25)23(22)24(29-17)19-7-5-18(6-8-19)16-35(31,32)30-11-3-4-20(15-30)34-13-12-33-2/h9-10,14,18-20H,3-8,11-13,15-16H2,1-2H3,(H,28,29). The van der Waals surface area contributed by atoms with Crippen molar-refractivity contribution in [2.75, 3.05) is 39.2 Å². The third kappa shape index (κ3) is 5.35. The maximum atomic E-state index is 13.2. The molecule has 5 rings (SSSR count). The molecular weight excluding hydrogens is 466 g/mol. The van der Waals surface area contributed by atoms with Crippen LogP contribution in [0.25, 0.3) is 21.9 Å². The van der Waals surface area contributed by atoms with Crippen LogP contribution in [0.3, 0.4) is 0 Å². The summed E-state index contributed by atoms with van der Waals surface area (Å²) in [6, 6.07) is 2.00. The Bertz CT molecular complexity index is 1270. The molecule has 0 aromatic carbocycles. The zero-order valence-electron chi connectivity index (χ0n) is 20.6. The van der Waals surface area contributed by atoms with E-state index in [2.05, 4.69) is 19.9 Å². The number of fused-ring (bicyclic) bond motifs is 3. The van der Waals surface area contributed by atoms with E-state index in [0.717, 1.165) is 66.3 Å². The monoisotopic (exact) mass is 501 g/mol. The first-order valence-electron chi connectivity index (χ1n) is 12.6. The van der Waals surface area contributed by atoms with Gasteiger partial charge in [-0.25, -0.2) is 23.4 Å². The second-order valence-electron chi connectivity index (χ2n) is 9.92. The molecule has 2 fully saturated rings. The molecule has 1 saturated carbocycles. The van der Waals surface area contributed by atoms with Gasteiger partial charge in [-0.3, -0.25) is 0 Å². The summed E-state index contributed by atoms with van der Waals surface area (Å²) in [5.74, 6) is 1.62. The predicted molar refractivity (Wildman–Crippen MR) is 135 cm³/mol. The maximum absolute atomic E-state index is 13.2. The van der Waals surface area contributed by atoms with Gasteiger partial charge in [-0.2, -0.15) is 4.31 Å². The molecule has 4 heterocycles. The van der Waals surface area contributed by atoms with E-state index < -0.39 is 10.0 Å². The average molecular weight is 502 g/mol. The lowest BCUT2D eigenvalue weighted by molar-refractivity contribution is -0.00658. The molecule has 9 nitrogen and oxygen atoms in total. The number of aromatic amines is 1. The van der Waals surface area contributed by atoms with E-state index in [9.17, 15) is 8.42 Å². The summed E-state index contributed by atoms with van der Waals surface area (Å²) in [7, 11) is -1.66. The van der Waals surface area contributed by atoms with E-state index in [1.54, 1.807) is 23.8 Å². The summed E-state index contributed by atoms with van der Waals surface area (Å²) in [4.78, 5) is 17.0. The molecule has 1 aliphatic carbocycles. The fraction of sp³-hybridized carbons (Fsp3) is 0.640. The number of H-pyrrole nitrogens is 1. The van der Waals surface area contributed by atoms with Gasteiger partial charge in [0.2, 0.25) is 10.0 Å². The van der Waals surface area contributed by atoms with Gasteiger partial charge in [-0.15, -0.1) is 0 Å². The second kappa shape index (κ2) is 10.5. The number of nitrogens with one attached hydrogen (secondary N) is 1. The number of piperidine rings is 1. The molecule has 10 heteroatoms. The number of aromatic nitrogens is 4. The number of methoxy groups -OCH3 is 1. The van der Waals surface area contributed by atoms with E-state index in [-0.39, 0.29) is 17.8 Å². The van der Waals surface area contributed by atoms with Crippen molar-refractivity contribution in [3.8, 4) is 0 Å². The van der Waals surface area contributed by atoms with Crippen LogP contribution in [0.2, 0.25) is 0 Å². The number of sulfonamides is 1. The van der Waals surface area contributed by atoms with Crippen LogP contribution in [0.1, 0.15) is 56.0 Å². The minimum Gasteiger partial charge on any atom is -0.382 e. The summed E-state index contributed by atoms with van der Waals surface area (Å²) in [5, 5.41) is 2.13. The molecule has 35 heavy (non-hydrogen) atoms. The zero-order chi connectivity index (χ0) is 24.4. The number of rotatable bonds is 8. The Kier molecular flexibility index (Phi) is 7.34. The van der Waals surface area contributed by atoms with Gasteiger partial charge in [-0.05, 0) is 63.4 Å². The SMILES string of the molecule is COCCOC1CCCN(S(=O)(=O)CC2CCC(c3[nH]c(C)nc4cnc5nccc5c34)CC2)C1. The van der Waals surface area contributed by atoms with Crippen molar-refractivity contribution >= 4 is 32.0 Å². The van der Waals surface area contributed by atoms with E-state index in [0.29, 0.717) is 32.2 Å². The van der Waals surface area contributed by atoms with Gasteiger partial charge < -0.3 is 14.5 Å². The van der Waals surface area contributed by atoms with Gasteiger partial charge in [0.15, 0.2) is 5.65 Å². The molecule has 1 aliphatic heterocycles. The van der Waals surface area contributed by atoms with Crippen molar-refractivity contribution in [1.82, 2.24) is 24.2 Å². The lowest BCUT2D eigenvalue weighted by Crippen LogP contribution is -2.45. The molecule has 0 spiro atoms. The van der Waals surface area contributed by atoms with Crippen LogP contribution in [-0.4, -0.2) is 77.9 Å². The molecular formula is C25H35N5O4S. The fourth-order valence-electron chi connectivity index (χ4n) is 5.70. The summed E-state index contributed by atoms with van der Waals surface area (Å²) in [6.07, 6.45) is 9.00. The summed E-state index contributed by atoms with van der Waals surface area (Å²) < 4.78 is 39.0. The van der Waals surface area contributed by atoms with Crippen LogP contribution < -0.4 is 0 Å². The van der Waals surface area contributed by atoms with Crippen LogP contribution in [0.15, 0.2) is 18.5 Å². The summed E-state index contributed by atoms with van der Waals surface area (Å²) >= 11 is 0. The quantitative estimate of drug-likeness (QED) is 0.470. The highest BCUT2D eigenvalue weighted by molar-refractivity contribution is 7.89. The highest BCUT2D eigenvalue weighted by Crippen LogP contribution is 2.39. The van der Waals surface area contributed by atoms with Gasteiger partial charge in [-0.1, -0.05) is 0 Å². The minimum absolute atomic E-state index is 0.0415. The van der Waals surface area contributed by atoms with E-state index in [4.69, 9.17) is 9.47 Å². The van der Waals surface area contributed by atoms with Gasteiger partial charge >= 0.3 is 0 Å². The first kappa shape index (κ1) is 24.5. The molecule has 0 amide bonds. The number of ether oxygens (including phenoxy) is 2. The number of hydrogen-bond acceptors (Lipinski definition) is 7. The molecule has 1 atom stereocenters. The lowest BCUT2D eigenvalue weighted by Gasteiger charge is -2.34. The van der Waals surface area contributed by atoms with Crippen molar-refractivity contribution in [2.24, 2.45) is 5.92 Å². The first-order valence-corrected chi connectivity index (χ1v) is 14.2. The van der Waals surface area contributed by atoms with Crippen molar-refractivity contribution in [3.05, 3.63) is 30.0 Å². The Morgan fingerprint density at radius 1 is 1.14 bits per heavy atom. The van der Waals surface area contributed by atoms with Crippen LogP contribution in [0.5, 0.6) is 0 Å². The van der Waals surface area contributed by atoms with Crippen molar-refractivity contribution in [3.63, 3.8) is 0 Å². The third-order valence-electron chi connectivity index (χ3n) is 7.46. The third-order valence-corrected chi connectivity index (χ3v) is 9.47. The first-order chi connectivity index (χ1) is 16.9. The number of aryl methyl sites for hydroxylation is 1. The van der Waals surface area contributed by atoms with Crippen molar-refractivity contribution in [2.45, 2.75) is 57.5 Å². The molecule has 190 valence electrons. The molecule has 0 bridgehead atoms. The van der Waals surface area contributed by atoms with E-state index >= 15 is 0 Å². The molecule has 3 aromatic heterocycles. The largest absolute Gasteiger partial charge is 0.382 e. The van der Waals surface area contributed by atoms with Gasteiger partial charge in [0.05, 0.1) is 36.8 Å². The van der Waals surface area contributed by atoms with Crippen molar-refractivity contribution in [1.29, 1.82) is 0 Å². The van der Waals surface area contributed by atoms with E-state index in [1.165, 1.54) is 5.69 Å². The smallest absolute Gasteiger partial charge is 0.214 e. The van der Waals surface area contributed by atoms with E-state index in [1.807, 2.05) is 13.0 Å². The second-order valence-corrected chi connectivity index (χ2v) is 11.9. The van der Waals surface area contributed by atoms with Gasteiger partial charge in [0, 0.05) is 42.9 Å². The molecule has 3 aromatic rings. The average Bonchev–Trinajstić information content (AvgIpc) is 3.33. The topological polar surface area (TPSA) is 110 Å². The van der Waals surface area contributed by atoms with Crippen LogP contribution in [0, 0.1) is 12.8 Å². The Hall–Kier alpha value is -2.14. The molecule has 1 saturated heterocycles. The highest BCUT2D eigenvalue weighted by atomic mass is 32.2. The van der Waals surface area contributed by atoms with Gasteiger partial charge in [0.25, 0.3) is 0 Å². The molecule has 1 unspecified atom stereocenters. The van der Waals surface area contributed by atoms with Crippen LogP contribution in [0.4, 0.5) is 0 Å². The Morgan fingerprint density at radius 2 is 1.97 bits per heavy atom. The number of nitrogens with zero attached hydrogens (tertiary/aromatic N) is 4. The Balaban J connectivity index is 1.25. The molecule has 1 N–H and O–H groups in total. The normalized spacial score (nSPS) is 24.3. The van der Waals surface area contributed by atoms with Crippen molar-refractivity contribution < 1.29 is 17.9 Å². The number of pyridine rings is 1. The predicted octanol–water partition coefficient (Wildman–Crippen LogP) is 3.55. The zero-order valence-corrected chi connectivity index (χ0v) is 21.4. The number of hydrogen-bond donors (Lipinski definition) is 1. The Labute approximate surface area is 206 Å². The minimum atomic E-state index is -3.30. The van der Waals surface area contributed by atoms with Crippen LogP contribution in [-0.2, 0) is 19.5 Å². The summed E-state index contributed by atoms with van der Waals surface area (Å²) in [6.45, 7) is 4.05. The lowest BCUT2D eigenvalue weighted by atomic mass is 9.80. The maximum Gasteiger partial charge on any atom is 0.214 e. The Morgan fingerprint density at radius 3 is 2.77 bits per heavy atom.